The van der Waals surface area contributed by atoms with Gasteiger partial charge in [0.1, 0.15) is 0 Å². The first-order valence-electron chi connectivity index (χ1n) is 17.8. The summed E-state index contributed by atoms with van der Waals surface area (Å²) in [6.07, 6.45) is 0. The van der Waals surface area contributed by atoms with E-state index in [-0.39, 0.29) is 5.41 Å². The third kappa shape index (κ3) is 4.72. The zero-order chi connectivity index (χ0) is 34.8. The lowest BCUT2D eigenvalue weighted by atomic mass is 9.82. The molecule has 0 spiro atoms. The van der Waals surface area contributed by atoms with Gasteiger partial charge in [-0.25, -0.2) is 15.0 Å². The Labute approximate surface area is 302 Å². The summed E-state index contributed by atoms with van der Waals surface area (Å²) in [6.45, 7) is 4.70. The van der Waals surface area contributed by atoms with Crippen LogP contribution in [0.4, 0.5) is 0 Å². The van der Waals surface area contributed by atoms with Gasteiger partial charge in [0, 0.05) is 38.4 Å². The number of para-hydroxylation sites is 2. The van der Waals surface area contributed by atoms with E-state index >= 15 is 0 Å². The first-order valence-corrected chi connectivity index (χ1v) is 17.8. The number of aromatic nitrogens is 4. The zero-order valence-electron chi connectivity index (χ0n) is 29.0. The van der Waals surface area contributed by atoms with E-state index in [4.69, 9.17) is 15.0 Å². The van der Waals surface area contributed by atoms with Gasteiger partial charge in [-0.1, -0.05) is 153 Å². The Kier molecular flexibility index (Phi) is 6.80. The second-order valence-corrected chi connectivity index (χ2v) is 14.1. The van der Waals surface area contributed by atoms with Crippen molar-refractivity contribution in [2.24, 2.45) is 0 Å². The van der Waals surface area contributed by atoms with Crippen molar-refractivity contribution >= 4 is 21.8 Å². The highest BCUT2D eigenvalue weighted by Gasteiger charge is 2.36. The molecule has 0 unspecified atom stereocenters. The van der Waals surface area contributed by atoms with Crippen LogP contribution in [-0.2, 0) is 5.41 Å². The third-order valence-corrected chi connectivity index (χ3v) is 10.7. The molecule has 0 amide bonds. The number of fused-ring (bicyclic) bond motifs is 6. The van der Waals surface area contributed by atoms with Crippen molar-refractivity contribution in [2.45, 2.75) is 19.3 Å². The van der Waals surface area contributed by atoms with E-state index < -0.39 is 0 Å². The topological polar surface area (TPSA) is 43.6 Å². The fourth-order valence-electron chi connectivity index (χ4n) is 8.10. The smallest absolute Gasteiger partial charge is 0.164 e. The molecule has 0 saturated carbocycles. The molecule has 52 heavy (non-hydrogen) atoms. The molecule has 0 radical (unpaired) electrons. The molecule has 0 saturated heterocycles. The van der Waals surface area contributed by atoms with E-state index in [1.807, 2.05) is 60.7 Å². The molecule has 10 rings (SSSR count). The van der Waals surface area contributed by atoms with Gasteiger partial charge in [0.2, 0.25) is 0 Å². The van der Waals surface area contributed by atoms with Gasteiger partial charge in [-0.15, -0.1) is 0 Å². The predicted molar refractivity (Wildman–Crippen MR) is 213 cm³/mol. The number of nitrogens with zero attached hydrogens (tertiary/aromatic N) is 4. The van der Waals surface area contributed by atoms with Crippen molar-refractivity contribution in [2.75, 3.05) is 0 Å². The predicted octanol–water partition coefficient (Wildman–Crippen LogP) is 11.9. The first-order chi connectivity index (χ1) is 25.5. The lowest BCUT2D eigenvalue weighted by Crippen LogP contribution is -2.15. The van der Waals surface area contributed by atoms with Crippen LogP contribution in [-0.4, -0.2) is 19.5 Å². The number of rotatable bonds is 5. The Morgan fingerprint density at radius 3 is 1.67 bits per heavy atom. The van der Waals surface area contributed by atoms with E-state index in [0.717, 1.165) is 33.5 Å². The maximum Gasteiger partial charge on any atom is 0.164 e. The fraction of sp³-hybridized carbons (Fsp3) is 0.0625. The molecule has 2 heterocycles. The molecule has 4 nitrogen and oxygen atoms in total. The van der Waals surface area contributed by atoms with Crippen molar-refractivity contribution in [1.82, 2.24) is 19.5 Å². The average Bonchev–Trinajstić information content (AvgIpc) is 3.65. The molecule has 1 aliphatic rings. The number of hydrogen-bond donors (Lipinski definition) is 0. The molecular formula is C48H34N4. The highest BCUT2D eigenvalue weighted by molar-refractivity contribution is 6.12. The Morgan fingerprint density at radius 2 is 0.942 bits per heavy atom. The maximum absolute atomic E-state index is 5.02. The van der Waals surface area contributed by atoms with Crippen LogP contribution in [0.1, 0.15) is 25.0 Å². The Hall–Kier alpha value is -6.65. The minimum Gasteiger partial charge on any atom is -0.309 e. The van der Waals surface area contributed by atoms with E-state index in [1.54, 1.807) is 0 Å². The summed E-state index contributed by atoms with van der Waals surface area (Å²) in [5.41, 5.74) is 13.9. The minimum atomic E-state index is -0.100. The van der Waals surface area contributed by atoms with Crippen LogP contribution in [0.15, 0.2) is 170 Å². The Bertz CT molecular complexity index is 2760. The van der Waals surface area contributed by atoms with Gasteiger partial charge in [-0.2, -0.15) is 0 Å². The van der Waals surface area contributed by atoms with E-state index in [0.29, 0.717) is 17.5 Å². The average molecular weight is 667 g/mol. The summed E-state index contributed by atoms with van der Waals surface area (Å²) in [6, 6.07) is 60.1. The Balaban J connectivity index is 1.16. The third-order valence-electron chi connectivity index (χ3n) is 10.7. The molecule has 4 heteroatoms. The number of benzene rings is 7. The van der Waals surface area contributed by atoms with Gasteiger partial charge >= 0.3 is 0 Å². The van der Waals surface area contributed by atoms with Gasteiger partial charge in [0.15, 0.2) is 17.5 Å². The van der Waals surface area contributed by atoms with Gasteiger partial charge in [0.25, 0.3) is 0 Å². The van der Waals surface area contributed by atoms with Crippen molar-refractivity contribution in [3.63, 3.8) is 0 Å². The molecule has 9 aromatic rings. The van der Waals surface area contributed by atoms with Crippen LogP contribution in [0, 0.1) is 0 Å². The van der Waals surface area contributed by atoms with Crippen molar-refractivity contribution < 1.29 is 0 Å². The molecule has 246 valence electrons. The van der Waals surface area contributed by atoms with Crippen LogP contribution in [0.2, 0.25) is 0 Å². The number of hydrogen-bond acceptors (Lipinski definition) is 3. The van der Waals surface area contributed by atoms with E-state index in [1.165, 1.54) is 44.1 Å². The normalized spacial score (nSPS) is 13.0. The van der Waals surface area contributed by atoms with Crippen LogP contribution in [0.25, 0.3) is 83.9 Å². The second kappa shape index (κ2) is 11.7. The van der Waals surface area contributed by atoms with Gasteiger partial charge in [-0.3, -0.25) is 0 Å². The molecule has 1 aliphatic carbocycles. The van der Waals surface area contributed by atoms with Crippen LogP contribution < -0.4 is 0 Å². The summed E-state index contributed by atoms with van der Waals surface area (Å²) in [4.78, 5) is 15.0. The molecule has 0 bridgehead atoms. The molecule has 0 fully saturated rings. The van der Waals surface area contributed by atoms with E-state index in [2.05, 4.69) is 128 Å². The SMILES string of the molecule is CC1(C)c2ccccc2-c2cc3c4ccccc4n(-c4ccccc4-c4cccc(-c5nc(-c6ccccc6)nc(-c6ccccc6)n5)c4)c3cc21. The molecule has 0 N–H and O–H groups in total. The van der Waals surface area contributed by atoms with Crippen molar-refractivity contribution in [1.29, 1.82) is 0 Å². The molecule has 0 atom stereocenters. The molecular weight excluding hydrogens is 633 g/mol. The lowest BCUT2D eigenvalue weighted by molar-refractivity contribution is 0.661. The Morgan fingerprint density at radius 1 is 0.385 bits per heavy atom. The monoisotopic (exact) mass is 666 g/mol. The standard InChI is InChI=1S/C48H34N4/c1-48(2)40-25-12-9-23-36(40)38-29-39-37-24-11-14-27-43(37)52(44(39)30-41(38)48)42-26-13-10-22-35(42)33-20-15-21-34(28-33)47-50-45(31-16-5-3-6-17-31)49-46(51-47)32-18-7-4-8-19-32/h3-30H,1-2H3. The van der Waals surface area contributed by atoms with Gasteiger partial charge < -0.3 is 4.57 Å². The zero-order valence-corrected chi connectivity index (χ0v) is 29.0. The fourth-order valence-corrected chi connectivity index (χ4v) is 8.10. The largest absolute Gasteiger partial charge is 0.309 e. The highest BCUT2D eigenvalue weighted by Crippen LogP contribution is 2.51. The van der Waals surface area contributed by atoms with Gasteiger partial charge in [0.05, 0.1) is 16.7 Å². The summed E-state index contributed by atoms with van der Waals surface area (Å²) in [5, 5.41) is 2.51. The second-order valence-electron chi connectivity index (χ2n) is 14.1. The summed E-state index contributed by atoms with van der Waals surface area (Å²) < 4.78 is 2.45. The molecule has 2 aromatic heterocycles. The molecule has 0 aliphatic heterocycles. The lowest BCUT2D eigenvalue weighted by Gasteiger charge is -2.22. The van der Waals surface area contributed by atoms with Crippen LogP contribution >= 0.6 is 0 Å². The van der Waals surface area contributed by atoms with E-state index in [9.17, 15) is 0 Å². The summed E-state index contributed by atoms with van der Waals surface area (Å²) in [7, 11) is 0. The van der Waals surface area contributed by atoms with Crippen LogP contribution in [0.3, 0.4) is 0 Å². The van der Waals surface area contributed by atoms with Crippen molar-refractivity contribution in [3.8, 4) is 62.1 Å². The summed E-state index contributed by atoms with van der Waals surface area (Å²) in [5.74, 6) is 1.94. The van der Waals surface area contributed by atoms with Gasteiger partial charge in [-0.05, 0) is 58.1 Å². The highest BCUT2D eigenvalue weighted by atomic mass is 15.0. The maximum atomic E-state index is 5.02. The van der Waals surface area contributed by atoms with Crippen molar-refractivity contribution in [3.05, 3.63) is 181 Å². The minimum absolute atomic E-state index is 0.100. The molecule has 7 aromatic carbocycles. The quantitative estimate of drug-likeness (QED) is 0.184. The summed E-state index contributed by atoms with van der Waals surface area (Å²) >= 11 is 0. The van der Waals surface area contributed by atoms with Crippen LogP contribution in [0.5, 0.6) is 0 Å². The first kappa shape index (κ1) is 30.2.